The molecule has 0 atom stereocenters. The van der Waals surface area contributed by atoms with E-state index in [4.69, 9.17) is 5.26 Å². The van der Waals surface area contributed by atoms with E-state index in [0.29, 0.717) is 27.7 Å². The molecule has 0 aliphatic rings. The highest BCUT2D eigenvalue weighted by atomic mass is 19.1. The minimum absolute atomic E-state index is 0.157. The number of nitrogens with one attached hydrogen (secondary N) is 1. The van der Waals surface area contributed by atoms with Crippen molar-refractivity contribution >= 4 is 27.9 Å². The number of hydrogen-bond donors (Lipinski definition) is 1. The Morgan fingerprint density at radius 2 is 1.76 bits per heavy atom. The number of rotatable bonds is 3. The van der Waals surface area contributed by atoms with E-state index in [2.05, 4.69) is 16.2 Å². The van der Waals surface area contributed by atoms with Gasteiger partial charge in [0.1, 0.15) is 11.6 Å². The highest BCUT2D eigenvalue weighted by molar-refractivity contribution is 5.88. The van der Waals surface area contributed by atoms with Crippen LogP contribution in [0.15, 0.2) is 65.5 Å². The lowest BCUT2D eigenvalue weighted by Crippen LogP contribution is -2.16. The van der Waals surface area contributed by atoms with Gasteiger partial charge < -0.3 is 4.90 Å². The number of hydrogen-bond acceptors (Lipinski definition) is 4. The first kappa shape index (κ1) is 20.4. The molecule has 0 unspecified atom stereocenters. The van der Waals surface area contributed by atoms with Crippen LogP contribution in [-0.2, 0) is 0 Å². The molecule has 0 saturated heterocycles. The normalized spacial score (nSPS) is 11.1. The fourth-order valence-corrected chi connectivity index (χ4v) is 3.97. The first-order valence-corrected chi connectivity index (χ1v) is 10.1. The van der Waals surface area contributed by atoms with E-state index in [1.165, 1.54) is 16.6 Å². The molecule has 5 rings (SSSR count). The number of aryl methyl sites for hydroxylation is 1. The van der Waals surface area contributed by atoms with Gasteiger partial charge in [-0.05, 0) is 61.5 Å². The average molecular weight is 441 g/mol. The number of H-pyrrole nitrogens is 1. The number of aromatic nitrogens is 3. The van der Waals surface area contributed by atoms with Gasteiger partial charge in [-0.25, -0.2) is 18.3 Å². The second-order valence-corrected chi connectivity index (χ2v) is 7.73. The second-order valence-electron chi connectivity index (χ2n) is 7.73. The molecule has 0 saturated carbocycles. The van der Waals surface area contributed by atoms with Crippen molar-refractivity contribution in [2.45, 2.75) is 6.92 Å². The van der Waals surface area contributed by atoms with Gasteiger partial charge in [0, 0.05) is 41.3 Å². The summed E-state index contributed by atoms with van der Waals surface area (Å²) in [7, 11) is 1.87. The molecule has 1 N–H and O–H groups in total. The SMILES string of the molecule is Cc1[nH]n2c(=O)c3ccc(N(C)c4ccc(C#N)cc4)cc3nc2c1-c1ccc(F)cc1F. The molecule has 0 radical (unpaired) electrons. The van der Waals surface area contributed by atoms with Gasteiger partial charge in [-0.15, -0.1) is 0 Å². The zero-order valence-corrected chi connectivity index (χ0v) is 17.7. The number of halogens is 2. The maximum Gasteiger partial charge on any atom is 0.280 e. The van der Waals surface area contributed by atoms with Crippen LogP contribution in [0.1, 0.15) is 11.3 Å². The number of anilines is 2. The van der Waals surface area contributed by atoms with Crippen LogP contribution in [0, 0.1) is 29.9 Å². The van der Waals surface area contributed by atoms with Crippen molar-refractivity contribution in [2.75, 3.05) is 11.9 Å². The summed E-state index contributed by atoms with van der Waals surface area (Å²) >= 11 is 0. The molecule has 33 heavy (non-hydrogen) atoms. The molecule has 0 spiro atoms. The maximum absolute atomic E-state index is 14.6. The molecule has 8 heteroatoms. The van der Waals surface area contributed by atoms with Crippen molar-refractivity contribution < 1.29 is 8.78 Å². The molecular formula is C25H17F2N5O. The van der Waals surface area contributed by atoms with Crippen molar-refractivity contribution in [2.24, 2.45) is 0 Å². The third kappa shape index (κ3) is 3.31. The molecule has 162 valence electrons. The highest BCUT2D eigenvalue weighted by Crippen LogP contribution is 2.31. The summed E-state index contributed by atoms with van der Waals surface area (Å²) in [5.41, 5.74) is 3.68. The predicted molar refractivity (Wildman–Crippen MR) is 123 cm³/mol. The van der Waals surface area contributed by atoms with Crippen molar-refractivity contribution in [3.05, 3.63) is 93.9 Å². The molecule has 5 aromatic rings. The number of nitrogens with zero attached hydrogens (tertiary/aromatic N) is 4. The number of nitriles is 1. The third-order valence-corrected chi connectivity index (χ3v) is 5.70. The Morgan fingerprint density at radius 3 is 2.45 bits per heavy atom. The third-order valence-electron chi connectivity index (χ3n) is 5.70. The topological polar surface area (TPSA) is 77.2 Å². The monoisotopic (exact) mass is 441 g/mol. The minimum Gasteiger partial charge on any atom is -0.345 e. The average Bonchev–Trinajstić information content (AvgIpc) is 3.14. The number of benzene rings is 3. The quantitative estimate of drug-likeness (QED) is 0.424. The largest absolute Gasteiger partial charge is 0.345 e. The van der Waals surface area contributed by atoms with Gasteiger partial charge in [0.15, 0.2) is 5.65 Å². The van der Waals surface area contributed by atoms with Crippen molar-refractivity contribution in [1.82, 2.24) is 14.6 Å². The Morgan fingerprint density at radius 1 is 1.03 bits per heavy atom. The lowest BCUT2D eigenvalue weighted by molar-refractivity contribution is 0.585. The Balaban J connectivity index is 1.69. The lowest BCUT2D eigenvalue weighted by Gasteiger charge is -2.19. The Labute approximate surface area is 186 Å². The molecule has 0 fully saturated rings. The van der Waals surface area contributed by atoms with E-state index in [1.807, 2.05) is 30.1 Å². The van der Waals surface area contributed by atoms with Gasteiger partial charge in [0.2, 0.25) is 0 Å². The molecule has 0 aliphatic carbocycles. The fraction of sp³-hybridized carbons (Fsp3) is 0.0800. The van der Waals surface area contributed by atoms with Crippen molar-refractivity contribution in [3.63, 3.8) is 0 Å². The summed E-state index contributed by atoms with van der Waals surface area (Å²) in [5, 5.41) is 12.4. The highest BCUT2D eigenvalue weighted by Gasteiger charge is 2.19. The van der Waals surface area contributed by atoms with Crippen LogP contribution in [0.5, 0.6) is 0 Å². The van der Waals surface area contributed by atoms with E-state index < -0.39 is 11.6 Å². The Hall–Kier alpha value is -4.51. The summed E-state index contributed by atoms with van der Waals surface area (Å²) in [5.74, 6) is -1.41. The van der Waals surface area contributed by atoms with Gasteiger partial charge in [-0.2, -0.15) is 5.26 Å². The van der Waals surface area contributed by atoms with E-state index >= 15 is 0 Å². The Kier molecular flexibility index (Phi) is 4.68. The van der Waals surface area contributed by atoms with E-state index in [1.54, 1.807) is 31.2 Å². The number of fused-ring (bicyclic) bond motifs is 2. The van der Waals surface area contributed by atoms with Crippen LogP contribution >= 0.6 is 0 Å². The first-order chi connectivity index (χ1) is 15.9. The number of aromatic amines is 1. The summed E-state index contributed by atoms with van der Waals surface area (Å²) in [4.78, 5) is 19.7. The second kappa shape index (κ2) is 7.57. The zero-order valence-electron chi connectivity index (χ0n) is 17.7. The van der Waals surface area contributed by atoms with Crippen LogP contribution < -0.4 is 10.5 Å². The van der Waals surface area contributed by atoms with E-state index in [0.717, 1.165) is 17.4 Å². The van der Waals surface area contributed by atoms with Crippen LogP contribution in [0.25, 0.3) is 27.7 Å². The predicted octanol–water partition coefficient (Wildman–Crippen LogP) is 5.07. The molecule has 2 aromatic heterocycles. The maximum atomic E-state index is 14.6. The lowest BCUT2D eigenvalue weighted by atomic mass is 10.1. The standard InChI is InChI=1S/C25H17F2N5O/c1-14-23(19-9-5-16(26)11-21(19)27)24-29-22-12-18(8-10-20(22)25(33)32(24)30-14)31(2)17-6-3-15(13-28)4-7-17/h3-12,30H,1-2H3. The summed E-state index contributed by atoms with van der Waals surface area (Å²) < 4.78 is 29.3. The van der Waals surface area contributed by atoms with E-state index in [9.17, 15) is 13.6 Å². The summed E-state index contributed by atoms with van der Waals surface area (Å²) in [6.07, 6.45) is 0. The molecule has 3 aromatic carbocycles. The first-order valence-electron chi connectivity index (χ1n) is 10.1. The van der Waals surface area contributed by atoms with E-state index in [-0.39, 0.29) is 16.8 Å². The smallest absolute Gasteiger partial charge is 0.280 e. The van der Waals surface area contributed by atoms with Crippen molar-refractivity contribution in [3.8, 4) is 17.2 Å². The van der Waals surface area contributed by atoms with Gasteiger partial charge in [-0.1, -0.05) is 0 Å². The minimum atomic E-state index is -0.733. The summed E-state index contributed by atoms with van der Waals surface area (Å²) in [6, 6.07) is 17.8. The zero-order chi connectivity index (χ0) is 23.3. The van der Waals surface area contributed by atoms with Crippen LogP contribution in [0.3, 0.4) is 0 Å². The molecular weight excluding hydrogens is 424 g/mol. The van der Waals surface area contributed by atoms with Gasteiger partial charge >= 0.3 is 0 Å². The molecule has 0 bridgehead atoms. The van der Waals surface area contributed by atoms with Crippen LogP contribution in [0.4, 0.5) is 20.2 Å². The Bertz CT molecular complexity index is 1640. The molecule has 0 aliphatic heterocycles. The fourth-order valence-electron chi connectivity index (χ4n) is 3.97. The summed E-state index contributed by atoms with van der Waals surface area (Å²) in [6.45, 7) is 1.71. The van der Waals surface area contributed by atoms with Gasteiger partial charge in [0.25, 0.3) is 5.56 Å². The molecule has 6 nitrogen and oxygen atoms in total. The van der Waals surface area contributed by atoms with Gasteiger partial charge in [-0.3, -0.25) is 9.89 Å². The van der Waals surface area contributed by atoms with Gasteiger partial charge in [0.05, 0.1) is 22.5 Å². The molecule has 0 amide bonds. The van der Waals surface area contributed by atoms with Crippen LogP contribution in [-0.4, -0.2) is 21.6 Å². The van der Waals surface area contributed by atoms with Crippen LogP contribution in [0.2, 0.25) is 0 Å². The molecule has 2 heterocycles. The van der Waals surface area contributed by atoms with Crippen molar-refractivity contribution in [1.29, 1.82) is 5.26 Å².